The number of hydrogen-bond donors (Lipinski definition) is 2. The van der Waals surface area contributed by atoms with E-state index in [9.17, 15) is 4.79 Å². The highest BCUT2D eigenvalue weighted by Crippen LogP contribution is 2.48. The molecule has 1 amide bonds. The average molecular weight is 253 g/mol. The van der Waals surface area contributed by atoms with Crippen molar-refractivity contribution in [2.75, 3.05) is 5.32 Å². The van der Waals surface area contributed by atoms with E-state index in [0.717, 1.165) is 5.69 Å². The molecule has 0 spiro atoms. The van der Waals surface area contributed by atoms with Crippen molar-refractivity contribution in [3.63, 3.8) is 0 Å². The van der Waals surface area contributed by atoms with E-state index < -0.39 is 5.91 Å². The quantitative estimate of drug-likeness (QED) is 0.865. The zero-order valence-corrected chi connectivity index (χ0v) is 10.8. The predicted molar refractivity (Wildman–Crippen MR) is 70.4 cm³/mol. The molecule has 17 heavy (non-hydrogen) atoms. The third kappa shape index (κ3) is 2.55. The summed E-state index contributed by atoms with van der Waals surface area (Å²) >= 11 is 6.00. The summed E-state index contributed by atoms with van der Waals surface area (Å²) in [5, 5.41) is 3.81. The number of primary amides is 1. The topological polar surface area (TPSA) is 55.1 Å². The van der Waals surface area contributed by atoms with Gasteiger partial charge in [-0.25, -0.2) is 0 Å². The molecule has 0 aromatic heterocycles. The van der Waals surface area contributed by atoms with Crippen molar-refractivity contribution in [2.45, 2.75) is 32.7 Å². The Hall–Kier alpha value is -1.22. The van der Waals surface area contributed by atoms with Crippen molar-refractivity contribution in [3.05, 3.63) is 28.8 Å². The lowest BCUT2D eigenvalue weighted by molar-refractivity contribution is 0.100. The molecule has 1 atom stereocenters. The van der Waals surface area contributed by atoms with Crippen LogP contribution in [0, 0.1) is 5.41 Å². The van der Waals surface area contributed by atoms with Gasteiger partial charge < -0.3 is 11.1 Å². The fourth-order valence-corrected chi connectivity index (χ4v) is 2.13. The number of nitrogens with one attached hydrogen (secondary N) is 1. The SMILES string of the molecule is CC(Nc1ccc(C(N)=O)c(Cl)c1)C1(C)CC1. The van der Waals surface area contributed by atoms with Gasteiger partial charge in [0, 0.05) is 11.7 Å². The van der Waals surface area contributed by atoms with E-state index in [-0.39, 0.29) is 0 Å². The molecule has 1 saturated carbocycles. The number of carbonyl (C=O) groups excluding carboxylic acids is 1. The van der Waals surface area contributed by atoms with Crippen LogP contribution in [0.15, 0.2) is 18.2 Å². The second kappa shape index (κ2) is 4.22. The Bertz CT molecular complexity index is 455. The molecule has 0 bridgehead atoms. The first-order valence-corrected chi connectivity index (χ1v) is 6.16. The van der Waals surface area contributed by atoms with Gasteiger partial charge in [-0.1, -0.05) is 18.5 Å². The molecule has 92 valence electrons. The van der Waals surface area contributed by atoms with Gasteiger partial charge in [-0.05, 0) is 43.4 Å². The standard InChI is InChI=1S/C13H17ClN2O/c1-8(13(2)5-6-13)16-9-3-4-10(12(15)17)11(14)7-9/h3-4,7-8,16H,5-6H2,1-2H3,(H2,15,17). The van der Waals surface area contributed by atoms with E-state index >= 15 is 0 Å². The summed E-state index contributed by atoms with van der Waals surface area (Å²) < 4.78 is 0. The van der Waals surface area contributed by atoms with Gasteiger partial charge in [0.25, 0.3) is 0 Å². The van der Waals surface area contributed by atoms with Crippen LogP contribution in [0.5, 0.6) is 0 Å². The number of hydrogen-bond acceptors (Lipinski definition) is 2. The molecule has 1 aromatic carbocycles. The van der Waals surface area contributed by atoms with Crippen molar-refractivity contribution in [1.82, 2.24) is 0 Å². The van der Waals surface area contributed by atoms with Crippen molar-refractivity contribution in [1.29, 1.82) is 0 Å². The van der Waals surface area contributed by atoms with E-state index in [1.807, 2.05) is 6.07 Å². The molecule has 0 saturated heterocycles. The molecule has 2 rings (SSSR count). The molecule has 0 aliphatic heterocycles. The van der Waals surface area contributed by atoms with Crippen LogP contribution in [0.4, 0.5) is 5.69 Å². The number of benzene rings is 1. The Morgan fingerprint density at radius 3 is 2.65 bits per heavy atom. The largest absolute Gasteiger partial charge is 0.382 e. The van der Waals surface area contributed by atoms with E-state index in [1.165, 1.54) is 12.8 Å². The smallest absolute Gasteiger partial charge is 0.250 e. The number of rotatable bonds is 4. The molecular weight excluding hydrogens is 236 g/mol. The lowest BCUT2D eigenvalue weighted by Gasteiger charge is -2.21. The molecule has 0 radical (unpaired) electrons. The van der Waals surface area contributed by atoms with E-state index in [1.54, 1.807) is 12.1 Å². The lowest BCUT2D eigenvalue weighted by atomic mass is 10.0. The molecule has 3 nitrogen and oxygen atoms in total. The summed E-state index contributed by atoms with van der Waals surface area (Å²) in [5.41, 5.74) is 6.89. The van der Waals surface area contributed by atoms with Crippen LogP contribution in [0.3, 0.4) is 0 Å². The minimum Gasteiger partial charge on any atom is -0.382 e. The van der Waals surface area contributed by atoms with Gasteiger partial charge in [0.2, 0.25) is 5.91 Å². The van der Waals surface area contributed by atoms with E-state index in [2.05, 4.69) is 19.2 Å². The van der Waals surface area contributed by atoms with Crippen LogP contribution in [-0.2, 0) is 0 Å². The van der Waals surface area contributed by atoms with Crippen molar-refractivity contribution in [2.24, 2.45) is 11.1 Å². The van der Waals surface area contributed by atoms with Gasteiger partial charge in [-0.3, -0.25) is 4.79 Å². The minimum atomic E-state index is -0.497. The van der Waals surface area contributed by atoms with Crippen molar-refractivity contribution >= 4 is 23.2 Å². The molecule has 3 N–H and O–H groups in total. The zero-order valence-electron chi connectivity index (χ0n) is 10.1. The lowest BCUT2D eigenvalue weighted by Crippen LogP contribution is -2.25. The summed E-state index contributed by atoms with van der Waals surface area (Å²) in [6, 6.07) is 5.66. The van der Waals surface area contributed by atoms with Gasteiger partial charge in [0.15, 0.2) is 0 Å². The first kappa shape index (κ1) is 12.2. The van der Waals surface area contributed by atoms with Crippen LogP contribution in [0.2, 0.25) is 5.02 Å². The highest BCUT2D eigenvalue weighted by Gasteiger charge is 2.42. The van der Waals surface area contributed by atoms with Crippen LogP contribution in [0.1, 0.15) is 37.0 Å². The first-order valence-electron chi connectivity index (χ1n) is 5.78. The fraction of sp³-hybridized carbons (Fsp3) is 0.462. The maximum atomic E-state index is 11.0. The average Bonchev–Trinajstić information content (AvgIpc) is 2.97. The number of anilines is 1. The highest BCUT2D eigenvalue weighted by atomic mass is 35.5. The van der Waals surface area contributed by atoms with Crippen LogP contribution >= 0.6 is 11.6 Å². The molecule has 1 aliphatic rings. The van der Waals surface area contributed by atoms with Gasteiger partial charge in [-0.15, -0.1) is 0 Å². The third-order valence-corrected chi connectivity index (χ3v) is 4.01. The number of carbonyl (C=O) groups is 1. The summed E-state index contributed by atoms with van der Waals surface area (Å²) in [5.74, 6) is -0.497. The Kier molecular flexibility index (Phi) is 3.04. The third-order valence-electron chi connectivity index (χ3n) is 3.70. The van der Waals surface area contributed by atoms with Gasteiger partial charge in [-0.2, -0.15) is 0 Å². The molecule has 4 heteroatoms. The van der Waals surface area contributed by atoms with Gasteiger partial charge >= 0.3 is 0 Å². The van der Waals surface area contributed by atoms with Crippen LogP contribution in [-0.4, -0.2) is 11.9 Å². The normalized spacial score (nSPS) is 18.5. The second-order valence-corrected chi connectivity index (χ2v) is 5.49. The van der Waals surface area contributed by atoms with Crippen LogP contribution < -0.4 is 11.1 Å². The monoisotopic (exact) mass is 252 g/mol. The van der Waals surface area contributed by atoms with Crippen molar-refractivity contribution < 1.29 is 4.79 Å². The highest BCUT2D eigenvalue weighted by molar-refractivity contribution is 6.34. The second-order valence-electron chi connectivity index (χ2n) is 5.08. The Morgan fingerprint density at radius 2 is 2.18 bits per heavy atom. The van der Waals surface area contributed by atoms with Crippen molar-refractivity contribution in [3.8, 4) is 0 Å². The Morgan fingerprint density at radius 1 is 1.53 bits per heavy atom. The summed E-state index contributed by atoms with van der Waals surface area (Å²) in [7, 11) is 0. The molecule has 1 unspecified atom stereocenters. The Balaban J connectivity index is 2.12. The van der Waals surface area contributed by atoms with E-state index in [4.69, 9.17) is 17.3 Å². The first-order chi connectivity index (χ1) is 7.92. The van der Waals surface area contributed by atoms with Gasteiger partial charge in [0.1, 0.15) is 0 Å². The molecular formula is C13H17ClN2O. The molecule has 0 heterocycles. The number of nitrogens with two attached hydrogens (primary N) is 1. The number of halogens is 1. The summed E-state index contributed by atoms with van der Waals surface area (Å²) in [6.07, 6.45) is 2.52. The summed E-state index contributed by atoms with van der Waals surface area (Å²) in [6.45, 7) is 4.44. The molecule has 1 aromatic rings. The molecule has 1 aliphatic carbocycles. The fourth-order valence-electron chi connectivity index (χ4n) is 1.86. The predicted octanol–water partition coefficient (Wildman–Crippen LogP) is 3.04. The maximum absolute atomic E-state index is 11.0. The minimum absolute atomic E-state index is 0.363. The van der Waals surface area contributed by atoms with E-state index in [0.29, 0.717) is 22.0 Å². The summed E-state index contributed by atoms with van der Waals surface area (Å²) in [4.78, 5) is 11.0. The maximum Gasteiger partial charge on any atom is 0.250 e. The number of amides is 1. The van der Waals surface area contributed by atoms with Crippen LogP contribution in [0.25, 0.3) is 0 Å². The zero-order chi connectivity index (χ0) is 12.6. The molecule has 1 fully saturated rings. The van der Waals surface area contributed by atoms with Gasteiger partial charge in [0.05, 0.1) is 10.6 Å². The Labute approximate surface area is 106 Å².